The number of ether oxygens (including phenoxy) is 1. The number of hydrogen-bond donors (Lipinski definition) is 2. The smallest absolute Gasteiger partial charge is 0.255 e. The molecule has 1 amide bonds. The molecule has 0 aliphatic carbocycles. The summed E-state index contributed by atoms with van der Waals surface area (Å²) in [5.41, 5.74) is 6.63. The molecule has 0 spiro atoms. The predicted molar refractivity (Wildman–Crippen MR) is 99.9 cm³/mol. The van der Waals surface area contributed by atoms with Crippen molar-refractivity contribution in [3.63, 3.8) is 0 Å². The van der Waals surface area contributed by atoms with Crippen molar-refractivity contribution in [2.75, 3.05) is 43.8 Å². The summed E-state index contributed by atoms with van der Waals surface area (Å²) < 4.78 is 5.66. The molecule has 23 heavy (non-hydrogen) atoms. The molecule has 1 aromatic carbocycles. The Morgan fingerprint density at radius 1 is 1.39 bits per heavy atom. The molecule has 0 heterocycles. The van der Waals surface area contributed by atoms with Crippen LogP contribution in [0.5, 0.6) is 5.75 Å². The Kier molecular flexibility index (Phi) is 9.36. The second kappa shape index (κ2) is 10.7. The number of carbonyl (C=O) groups excluding carboxylic acids is 1. The van der Waals surface area contributed by atoms with Crippen LogP contribution < -0.4 is 15.8 Å². The van der Waals surface area contributed by atoms with Gasteiger partial charge in [0.05, 0.1) is 22.9 Å². The average Bonchev–Trinajstić information content (AvgIpc) is 2.54. The standard InChI is InChI=1S/C16H25BrClN3O2/c1-3-21(4-2)8-7-20-16(22)12-10-13(18)14(19)11-15(12)23-9-5-6-17/h10-11H,3-9,19H2,1-2H3,(H,20,22). The largest absolute Gasteiger partial charge is 0.493 e. The first-order chi connectivity index (χ1) is 11.0. The van der Waals surface area contributed by atoms with Crippen LogP contribution in [0.25, 0.3) is 0 Å². The topological polar surface area (TPSA) is 67.6 Å². The van der Waals surface area contributed by atoms with E-state index in [4.69, 9.17) is 22.1 Å². The maximum absolute atomic E-state index is 12.4. The third-order valence-electron chi connectivity index (χ3n) is 3.49. The lowest BCUT2D eigenvalue weighted by Crippen LogP contribution is -2.35. The van der Waals surface area contributed by atoms with Crippen LogP contribution in [0.4, 0.5) is 5.69 Å². The molecule has 130 valence electrons. The van der Waals surface area contributed by atoms with Crippen molar-refractivity contribution >= 4 is 39.1 Å². The number of rotatable bonds is 10. The summed E-state index contributed by atoms with van der Waals surface area (Å²) >= 11 is 9.39. The Morgan fingerprint density at radius 3 is 2.70 bits per heavy atom. The van der Waals surface area contributed by atoms with Crippen LogP contribution in [0, 0.1) is 0 Å². The fourth-order valence-electron chi connectivity index (χ4n) is 2.07. The third-order valence-corrected chi connectivity index (χ3v) is 4.38. The molecule has 0 fully saturated rings. The van der Waals surface area contributed by atoms with Crippen molar-refractivity contribution in [1.82, 2.24) is 10.2 Å². The van der Waals surface area contributed by atoms with Gasteiger partial charge in [0.2, 0.25) is 0 Å². The molecule has 1 rings (SSSR count). The van der Waals surface area contributed by atoms with Crippen LogP contribution in [0.15, 0.2) is 12.1 Å². The number of likely N-dealkylation sites (N-methyl/N-ethyl adjacent to an activating group) is 1. The van der Waals surface area contributed by atoms with Crippen LogP contribution in [-0.4, -0.2) is 48.9 Å². The predicted octanol–water partition coefficient (Wildman–Crippen LogP) is 3.16. The van der Waals surface area contributed by atoms with E-state index in [2.05, 4.69) is 40.0 Å². The van der Waals surface area contributed by atoms with Crippen molar-refractivity contribution in [3.8, 4) is 5.75 Å². The Bertz CT molecular complexity index is 510. The van der Waals surface area contributed by atoms with E-state index >= 15 is 0 Å². The van der Waals surface area contributed by atoms with Crippen LogP contribution in [-0.2, 0) is 0 Å². The van der Waals surface area contributed by atoms with E-state index in [9.17, 15) is 4.79 Å². The van der Waals surface area contributed by atoms with Gasteiger partial charge in [-0.2, -0.15) is 0 Å². The highest BCUT2D eigenvalue weighted by molar-refractivity contribution is 9.09. The Morgan fingerprint density at radius 2 is 2.09 bits per heavy atom. The zero-order chi connectivity index (χ0) is 17.2. The summed E-state index contributed by atoms with van der Waals surface area (Å²) in [6.45, 7) is 8.00. The van der Waals surface area contributed by atoms with E-state index in [1.54, 1.807) is 12.1 Å². The summed E-state index contributed by atoms with van der Waals surface area (Å²) in [4.78, 5) is 14.6. The first-order valence-electron chi connectivity index (χ1n) is 7.81. The summed E-state index contributed by atoms with van der Waals surface area (Å²) in [7, 11) is 0. The molecule has 0 aromatic heterocycles. The molecule has 3 N–H and O–H groups in total. The minimum Gasteiger partial charge on any atom is -0.493 e. The van der Waals surface area contributed by atoms with Gasteiger partial charge in [-0.25, -0.2) is 0 Å². The number of carbonyl (C=O) groups is 1. The Hall–Kier alpha value is -0.980. The number of benzene rings is 1. The van der Waals surface area contributed by atoms with E-state index in [0.29, 0.717) is 35.2 Å². The minimum atomic E-state index is -0.201. The molecule has 0 radical (unpaired) electrons. The minimum absolute atomic E-state index is 0.201. The van der Waals surface area contributed by atoms with Gasteiger partial charge in [0.25, 0.3) is 5.91 Å². The lowest BCUT2D eigenvalue weighted by atomic mass is 10.1. The first kappa shape index (κ1) is 20.1. The monoisotopic (exact) mass is 405 g/mol. The van der Waals surface area contributed by atoms with Crippen LogP contribution in [0.1, 0.15) is 30.6 Å². The number of hydrogen-bond acceptors (Lipinski definition) is 4. The van der Waals surface area contributed by atoms with Gasteiger partial charge < -0.3 is 20.7 Å². The van der Waals surface area contributed by atoms with E-state index in [1.165, 1.54) is 0 Å². The van der Waals surface area contributed by atoms with Crippen molar-refractivity contribution < 1.29 is 9.53 Å². The van der Waals surface area contributed by atoms with E-state index in [0.717, 1.165) is 31.4 Å². The fraction of sp³-hybridized carbons (Fsp3) is 0.562. The normalized spacial score (nSPS) is 10.8. The van der Waals surface area contributed by atoms with Crippen molar-refractivity contribution in [3.05, 3.63) is 22.7 Å². The number of nitrogens with zero attached hydrogens (tertiary/aromatic N) is 1. The summed E-state index contributed by atoms with van der Waals surface area (Å²) in [5, 5.41) is 4.09. The van der Waals surface area contributed by atoms with E-state index in [1.807, 2.05) is 0 Å². The van der Waals surface area contributed by atoms with Gasteiger partial charge in [-0.05, 0) is 25.6 Å². The number of nitrogen functional groups attached to an aromatic ring is 1. The molecule has 0 saturated carbocycles. The van der Waals surface area contributed by atoms with Crippen molar-refractivity contribution in [2.24, 2.45) is 0 Å². The molecule has 0 aliphatic heterocycles. The average molecular weight is 407 g/mol. The highest BCUT2D eigenvalue weighted by Crippen LogP contribution is 2.29. The number of alkyl halides is 1. The Labute approximate surface area is 151 Å². The quantitative estimate of drug-likeness (QED) is 0.356. The van der Waals surface area contributed by atoms with Gasteiger partial charge in [-0.3, -0.25) is 4.79 Å². The molecule has 0 unspecified atom stereocenters. The van der Waals surface area contributed by atoms with Gasteiger partial charge in [-0.15, -0.1) is 0 Å². The van der Waals surface area contributed by atoms with Crippen molar-refractivity contribution in [1.29, 1.82) is 0 Å². The zero-order valence-corrected chi connectivity index (χ0v) is 16.0. The maximum Gasteiger partial charge on any atom is 0.255 e. The molecular weight excluding hydrogens is 382 g/mol. The zero-order valence-electron chi connectivity index (χ0n) is 13.7. The lowest BCUT2D eigenvalue weighted by molar-refractivity contribution is 0.0945. The van der Waals surface area contributed by atoms with Gasteiger partial charge >= 0.3 is 0 Å². The molecule has 1 aromatic rings. The third kappa shape index (κ3) is 6.57. The fourth-order valence-corrected chi connectivity index (χ4v) is 2.46. The molecule has 0 saturated heterocycles. The summed E-state index contributed by atoms with van der Waals surface area (Å²) in [6.07, 6.45) is 0.839. The number of nitrogens with one attached hydrogen (secondary N) is 1. The molecule has 0 atom stereocenters. The molecule has 5 nitrogen and oxygen atoms in total. The van der Waals surface area contributed by atoms with Gasteiger partial charge in [0, 0.05) is 24.5 Å². The SMILES string of the molecule is CCN(CC)CCNC(=O)c1cc(Cl)c(N)cc1OCCCBr. The number of nitrogens with two attached hydrogens (primary N) is 1. The second-order valence-electron chi connectivity index (χ2n) is 5.04. The number of anilines is 1. The Balaban J connectivity index is 2.75. The second-order valence-corrected chi connectivity index (χ2v) is 6.24. The van der Waals surface area contributed by atoms with Crippen LogP contribution in [0.2, 0.25) is 5.02 Å². The number of amides is 1. The van der Waals surface area contributed by atoms with Gasteiger partial charge in [-0.1, -0.05) is 41.4 Å². The maximum atomic E-state index is 12.4. The van der Waals surface area contributed by atoms with Gasteiger partial charge in [0.15, 0.2) is 0 Å². The van der Waals surface area contributed by atoms with E-state index in [-0.39, 0.29) is 5.91 Å². The molecule has 0 aliphatic rings. The van der Waals surface area contributed by atoms with Crippen LogP contribution in [0.3, 0.4) is 0 Å². The summed E-state index contributed by atoms with van der Waals surface area (Å²) in [5.74, 6) is 0.265. The summed E-state index contributed by atoms with van der Waals surface area (Å²) in [6, 6.07) is 3.17. The lowest BCUT2D eigenvalue weighted by Gasteiger charge is -2.18. The molecular formula is C16H25BrClN3O2. The highest BCUT2D eigenvalue weighted by Gasteiger charge is 2.15. The molecule has 0 bridgehead atoms. The number of halogens is 2. The molecule has 7 heteroatoms. The highest BCUT2D eigenvalue weighted by atomic mass is 79.9. The van der Waals surface area contributed by atoms with E-state index < -0.39 is 0 Å². The van der Waals surface area contributed by atoms with Crippen LogP contribution >= 0.6 is 27.5 Å². The van der Waals surface area contributed by atoms with Crippen molar-refractivity contribution in [2.45, 2.75) is 20.3 Å². The van der Waals surface area contributed by atoms with Gasteiger partial charge in [0.1, 0.15) is 5.75 Å². The first-order valence-corrected chi connectivity index (χ1v) is 9.31.